The van der Waals surface area contributed by atoms with E-state index in [4.69, 9.17) is 5.21 Å². The van der Waals surface area contributed by atoms with Gasteiger partial charge in [-0.1, -0.05) is 6.07 Å². The summed E-state index contributed by atoms with van der Waals surface area (Å²) in [5.74, 6) is -0.441. The zero-order valence-electron chi connectivity index (χ0n) is 8.58. The Balaban J connectivity index is 2.42. The highest BCUT2D eigenvalue weighted by Crippen LogP contribution is 2.27. The number of carbonyl (C=O) groups is 1. The van der Waals surface area contributed by atoms with E-state index in [9.17, 15) is 4.79 Å². The maximum Gasteiger partial charge on any atom is 0.274 e. The van der Waals surface area contributed by atoms with E-state index in [0.717, 1.165) is 24.1 Å². The minimum atomic E-state index is -0.441. The largest absolute Gasteiger partial charge is 0.382 e. The molecule has 4 nitrogen and oxygen atoms in total. The molecule has 1 heterocycles. The monoisotopic (exact) mass is 206 g/mol. The molecule has 0 spiro atoms. The van der Waals surface area contributed by atoms with Gasteiger partial charge < -0.3 is 5.32 Å². The number of hydrogen-bond donors (Lipinski definition) is 3. The third kappa shape index (κ3) is 1.80. The number of nitrogens with one attached hydrogen (secondary N) is 2. The van der Waals surface area contributed by atoms with Crippen LogP contribution in [-0.4, -0.2) is 17.2 Å². The topological polar surface area (TPSA) is 61.4 Å². The van der Waals surface area contributed by atoms with Gasteiger partial charge in [-0.2, -0.15) is 0 Å². The first kappa shape index (κ1) is 9.98. The molecule has 1 aliphatic heterocycles. The van der Waals surface area contributed by atoms with Crippen molar-refractivity contribution in [2.75, 3.05) is 5.32 Å². The Morgan fingerprint density at radius 1 is 1.60 bits per heavy atom. The Labute approximate surface area is 88.3 Å². The Bertz CT molecular complexity index is 390. The van der Waals surface area contributed by atoms with Gasteiger partial charge in [0.25, 0.3) is 5.91 Å². The maximum atomic E-state index is 11.4. The number of hydroxylamine groups is 1. The Morgan fingerprint density at radius 3 is 3.13 bits per heavy atom. The normalized spacial score (nSPS) is 18.9. The quantitative estimate of drug-likeness (QED) is 0.482. The molecule has 80 valence electrons. The highest BCUT2D eigenvalue weighted by molar-refractivity contribution is 5.96. The van der Waals surface area contributed by atoms with Crippen molar-refractivity contribution < 1.29 is 10.0 Å². The molecule has 0 aromatic heterocycles. The smallest absolute Gasteiger partial charge is 0.274 e. The molecule has 0 aliphatic carbocycles. The van der Waals surface area contributed by atoms with E-state index in [1.54, 1.807) is 11.5 Å². The minimum Gasteiger partial charge on any atom is -0.382 e. The van der Waals surface area contributed by atoms with Crippen LogP contribution < -0.4 is 10.8 Å². The van der Waals surface area contributed by atoms with Gasteiger partial charge in [-0.15, -0.1) is 0 Å². The Morgan fingerprint density at radius 2 is 2.40 bits per heavy atom. The van der Waals surface area contributed by atoms with Crippen LogP contribution in [-0.2, 0) is 6.42 Å². The first-order valence-electron chi connectivity index (χ1n) is 5.05. The van der Waals surface area contributed by atoms with E-state index in [0.29, 0.717) is 11.6 Å². The summed E-state index contributed by atoms with van der Waals surface area (Å²) in [6, 6.07) is 5.93. The summed E-state index contributed by atoms with van der Waals surface area (Å²) in [6.45, 7) is 2.11. The van der Waals surface area contributed by atoms with Crippen LogP contribution >= 0.6 is 0 Å². The van der Waals surface area contributed by atoms with Crippen LogP contribution in [0.4, 0.5) is 5.69 Å². The number of anilines is 1. The fourth-order valence-corrected chi connectivity index (χ4v) is 1.96. The van der Waals surface area contributed by atoms with Crippen LogP contribution in [0, 0.1) is 0 Å². The summed E-state index contributed by atoms with van der Waals surface area (Å²) in [6.07, 6.45) is 1.87. The molecule has 0 saturated heterocycles. The maximum absolute atomic E-state index is 11.4. The van der Waals surface area contributed by atoms with Gasteiger partial charge >= 0.3 is 0 Å². The molecule has 2 rings (SSSR count). The molecule has 1 aromatic rings. The lowest BCUT2D eigenvalue weighted by molar-refractivity contribution is 0.0705. The van der Waals surface area contributed by atoms with E-state index in [2.05, 4.69) is 12.2 Å². The second-order valence-electron chi connectivity index (χ2n) is 3.86. The van der Waals surface area contributed by atoms with Gasteiger partial charge in [0.15, 0.2) is 0 Å². The number of amides is 1. The second kappa shape index (κ2) is 3.90. The summed E-state index contributed by atoms with van der Waals surface area (Å²) in [4.78, 5) is 11.4. The van der Waals surface area contributed by atoms with Crippen molar-refractivity contribution in [1.82, 2.24) is 5.48 Å². The zero-order chi connectivity index (χ0) is 10.8. The summed E-state index contributed by atoms with van der Waals surface area (Å²) >= 11 is 0. The summed E-state index contributed by atoms with van der Waals surface area (Å²) in [5, 5.41) is 11.9. The van der Waals surface area contributed by atoms with Crippen molar-refractivity contribution in [3.63, 3.8) is 0 Å². The average molecular weight is 206 g/mol. The predicted molar refractivity (Wildman–Crippen MR) is 57.1 cm³/mol. The van der Waals surface area contributed by atoms with Crippen molar-refractivity contribution in [3.05, 3.63) is 29.3 Å². The van der Waals surface area contributed by atoms with Crippen molar-refractivity contribution in [2.45, 2.75) is 25.8 Å². The third-order valence-corrected chi connectivity index (χ3v) is 2.75. The molecule has 0 radical (unpaired) electrons. The van der Waals surface area contributed by atoms with Crippen molar-refractivity contribution >= 4 is 11.6 Å². The lowest BCUT2D eigenvalue weighted by atomic mass is 9.94. The van der Waals surface area contributed by atoms with Gasteiger partial charge in [0.05, 0.1) is 0 Å². The van der Waals surface area contributed by atoms with Crippen LogP contribution in [0.15, 0.2) is 18.2 Å². The SMILES string of the molecule is CC1CCc2c(cccc2C(=O)NO)N1. The second-order valence-corrected chi connectivity index (χ2v) is 3.86. The highest BCUT2D eigenvalue weighted by Gasteiger charge is 2.19. The van der Waals surface area contributed by atoms with Crippen molar-refractivity contribution in [3.8, 4) is 0 Å². The number of fused-ring (bicyclic) bond motifs is 1. The third-order valence-electron chi connectivity index (χ3n) is 2.75. The Hall–Kier alpha value is -1.55. The first-order chi connectivity index (χ1) is 7.22. The van der Waals surface area contributed by atoms with Gasteiger partial charge in [0, 0.05) is 17.3 Å². The molecule has 15 heavy (non-hydrogen) atoms. The van der Waals surface area contributed by atoms with Crippen molar-refractivity contribution in [1.29, 1.82) is 0 Å². The van der Waals surface area contributed by atoms with Gasteiger partial charge in [-0.25, -0.2) is 5.48 Å². The van der Waals surface area contributed by atoms with E-state index < -0.39 is 5.91 Å². The van der Waals surface area contributed by atoms with Gasteiger partial charge in [-0.3, -0.25) is 10.0 Å². The molecule has 4 heteroatoms. The molecule has 0 saturated carbocycles. The van der Waals surface area contributed by atoms with Crippen LogP contribution in [0.25, 0.3) is 0 Å². The molecule has 1 amide bonds. The number of rotatable bonds is 1. The van der Waals surface area contributed by atoms with Gasteiger partial charge in [0.1, 0.15) is 0 Å². The van der Waals surface area contributed by atoms with Crippen LogP contribution in [0.5, 0.6) is 0 Å². The van der Waals surface area contributed by atoms with Crippen LogP contribution in [0.3, 0.4) is 0 Å². The molecular formula is C11H14N2O2. The lowest BCUT2D eigenvalue weighted by Gasteiger charge is -2.25. The molecular weight excluding hydrogens is 192 g/mol. The molecule has 0 bridgehead atoms. The lowest BCUT2D eigenvalue weighted by Crippen LogP contribution is -2.26. The first-order valence-corrected chi connectivity index (χ1v) is 5.05. The zero-order valence-corrected chi connectivity index (χ0v) is 8.58. The minimum absolute atomic E-state index is 0.435. The van der Waals surface area contributed by atoms with Crippen LogP contribution in [0.2, 0.25) is 0 Å². The molecule has 1 aliphatic rings. The van der Waals surface area contributed by atoms with Gasteiger partial charge in [-0.05, 0) is 37.5 Å². The fraction of sp³-hybridized carbons (Fsp3) is 0.364. The molecule has 1 unspecified atom stereocenters. The molecule has 3 N–H and O–H groups in total. The van der Waals surface area contributed by atoms with Crippen LogP contribution in [0.1, 0.15) is 29.3 Å². The average Bonchev–Trinajstić information content (AvgIpc) is 2.26. The summed E-state index contributed by atoms with van der Waals surface area (Å²) < 4.78 is 0. The molecule has 0 fully saturated rings. The number of carbonyl (C=O) groups excluding carboxylic acids is 1. The number of benzene rings is 1. The summed E-state index contributed by atoms with van der Waals surface area (Å²) in [5.41, 5.74) is 4.21. The van der Waals surface area contributed by atoms with E-state index in [1.807, 2.05) is 12.1 Å². The Kier molecular flexibility index (Phi) is 2.60. The predicted octanol–water partition coefficient (Wildman–Crippen LogP) is 1.55. The number of hydrogen-bond acceptors (Lipinski definition) is 3. The molecule has 1 atom stereocenters. The highest BCUT2D eigenvalue weighted by atomic mass is 16.5. The van der Waals surface area contributed by atoms with Gasteiger partial charge in [0.2, 0.25) is 0 Å². The van der Waals surface area contributed by atoms with E-state index in [-0.39, 0.29) is 0 Å². The molecule has 1 aromatic carbocycles. The standard InChI is InChI=1S/C11H14N2O2/c1-7-5-6-8-9(11(14)13-15)3-2-4-10(8)12-7/h2-4,7,12,15H,5-6H2,1H3,(H,13,14). The van der Waals surface area contributed by atoms with E-state index >= 15 is 0 Å². The fourth-order valence-electron chi connectivity index (χ4n) is 1.96. The van der Waals surface area contributed by atoms with E-state index in [1.165, 1.54) is 0 Å². The summed E-state index contributed by atoms with van der Waals surface area (Å²) in [7, 11) is 0. The van der Waals surface area contributed by atoms with Crippen molar-refractivity contribution in [2.24, 2.45) is 0 Å².